The third-order valence-electron chi connectivity index (χ3n) is 5.70. The largest absolute Gasteiger partial charge is 0.507 e. The molecule has 2 heterocycles. The topological polar surface area (TPSA) is 70.5 Å². The molecule has 33 heavy (non-hydrogen) atoms. The van der Waals surface area contributed by atoms with Gasteiger partial charge in [0.15, 0.2) is 5.13 Å². The van der Waals surface area contributed by atoms with Gasteiger partial charge in [0, 0.05) is 10.0 Å². The number of fused-ring (bicyclic) bond motifs is 1. The van der Waals surface area contributed by atoms with Crippen LogP contribution in [0, 0.1) is 13.8 Å². The molecule has 0 radical (unpaired) electrons. The minimum Gasteiger partial charge on any atom is -0.507 e. The normalized spacial score (nSPS) is 17.8. The summed E-state index contributed by atoms with van der Waals surface area (Å²) in [5, 5.41) is 11.6. The van der Waals surface area contributed by atoms with Gasteiger partial charge < -0.3 is 5.11 Å². The van der Waals surface area contributed by atoms with E-state index in [2.05, 4.69) is 15.9 Å². The fraction of sp³-hybridized carbons (Fsp3) is 0.115. The molecule has 5 rings (SSSR count). The van der Waals surface area contributed by atoms with Crippen molar-refractivity contribution < 1.29 is 14.7 Å². The summed E-state index contributed by atoms with van der Waals surface area (Å²) >= 11 is 4.81. The van der Waals surface area contributed by atoms with Crippen LogP contribution in [-0.2, 0) is 9.59 Å². The van der Waals surface area contributed by atoms with E-state index < -0.39 is 17.7 Å². The molecule has 1 amide bonds. The molecule has 164 valence electrons. The maximum Gasteiger partial charge on any atom is 0.301 e. The van der Waals surface area contributed by atoms with Gasteiger partial charge in [-0.05, 0) is 48.7 Å². The van der Waals surface area contributed by atoms with Crippen molar-refractivity contribution in [2.24, 2.45) is 0 Å². The Morgan fingerprint density at radius 3 is 2.42 bits per heavy atom. The number of thiazole rings is 1. The van der Waals surface area contributed by atoms with Crippen LogP contribution >= 0.6 is 27.3 Å². The van der Waals surface area contributed by atoms with Gasteiger partial charge in [-0.15, -0.1) is 0 Å². The summed E-state index contributed by atoms with van der Waals surface area (Å²) in [5.74, 6) is -1.62. The molecule has 0 aliphatic carbocycles. The smallest absolute Gasteiger partial charge is 0.301 e. The number of anilines is 1. The van der Waals surface area contributed by atoms with Crippen molar-refractivity contribution >= 4 is 60.1 Å². The number of ketones is 1. The predicted molar refractivity (Wildman–Crippen MR) is 134 cm³/mol. The third kappa shape index (κ3) is 3.67. The van der Waals surface area contributed by atoms with E-state index >= 15 is 0 Å². The van der Waals surface area contributed by atoms with E-state index in [0.717, 1.165) is 25.8 Å². The number of aromatic nitrogens is 1. The highest BCUT2D eigenvalue weighted by Crippen LogP contribution is 2.44. The summed E-state index contributed by atoms with van der Waals surface area (Å²) < 4.78 is 1.82. The Bertz CT molecular complexity index is 1440. The van der Waals surface area contributed by atoms with E-state index in [1.54, 1.807) is 24.3 Å². The molecule has 5 nitrogen and oxygen atoms in total. The maximum absolute atomic E-state index is 13.3. The highest BCUT2D eigenvalue weighted by atomic mass is 79.9. The van der Waals surface area contributed by atoms with Crippen molar-refractivity contribution in [3.63, 3.8) is 0 Å². The van der Waals surface area contributed by atoms with E-state index in [1.165, 1.54) is 16.2 Å². The number of aliphatic hydroxyl groups is 1. The molecule has 1 aliphatic rings. The molecule has 0 spiro atoms. The van der Waals surface area contributed by atoms with Crippen LogP contribution in [0.3, 0.4) is 0 Å². The minimum absolute atomic E-state index is 0.0562. The Morgan fingerprint density at radius 2 is 1.73 bits per heavy atom. The van der Waals surface area contributed by atoms with Crippen LogP contribution < -0.4 is 4.90 Å². The number of carbonyl (C=O) groups is 2. The maximum atomic E-state index is 13.3. The fourth-order valence-corrected chi connectivity index (χ4v) is 5.64. The molecule has 7 heteroatoms. The average Bonchev–Trinajstić information content (AvgIpc) is 3.33. The zero-order chi connectivity index (χ0) is 23.3. The quantitative estimate of drug-likeness (QED) is 0.196. The Morgan fingerprint density at radius 1 is 1.03 bits per heavy atom. The van der Waals surface area contributed by atoms with Crippen molar-refractivity contribution in [1.82, 2.24) is 4.98 Å². The summed E-state index contributed by atoms with van der Waals surface area (Å²) in [4.78, 5) is 32.7. The number of hydrogen-bond donors (Lipinski definition) is 1. The highest BCUT2D eigenvalue weighted by molar-refractivity contribution is 9.10. The number of aliphatic hydroxyl groups excluding tert-OH is 1. The molecule has 1 atom stereocenters. The highest BCUT2D eigenvalue weighted by Gasteiger charge is 2.48. The van der Waals surface area contributed by atoms with Crippen LogP contribution in [0.1, 0.15) is 28.3 Å². The van der Waals surface area contributed by atoms with Crippen LogP contribution in [0.15, 0.2) is 76.8 Å². The molecule has 1 saturated heterocycles. The van der Waals surface area contributed by atoms with Gasteiger partial charge in [0.1, 0.15) is 5.76 Å². The summed E-state index contributed by atoms with van der Waals surface area (Å²) in [6.07, 6.45) is 0. The number of carbonyl (C=O) groups excluding carboxylic acids is 2. The van der Waals surface area contributed by atoms with E-state index in [9.17, 15) is 14.7 Å². The average molecular weight is 519 g/mol. The first-order chi connectivity index (χ1) is 15.8. The third-order valence-corrected chi connectivity index (χ3v) is 7.23. The lowest BCUT2D eigenvalue weighted by molar-refractivity contribution is -0.132. The van der Waals surface area contributed by atoms with Gasteiger partial charge in [-0.1, -0.05) is 75.8 Å². The molecule has 1 fully saturated rings. The van der Waals surface area contributed by atoms with E-state index in [1.807, 2.05) is 56.3 Å². The summed E-state index contributed by atoms with van der Waals surface area (Å²) in [5.41, 5.74) is 4.16. The SMILES string of the molecule is Cc1cc(C)c2nc(N3C(=O)C(=O)C(=C(O)c4ccccc4)C3c3ccc(Br)cc3)sc2c1. The Hall–Kier alpha value is -3.29. The molecule has 3 aromatic carbocycles. The second-order valence-electron chi connectivity index (χ2n) is 8.01. The van der Waals surface area contributed by atoms with Crippen LogP contribution in [0.25, 0.3) is 16.0 Å². The lowest BCUT2D eigenvalue weighted by Crippen LogP contribution is -2.29. The number of rotatable bonds is 3. The van der Waals surface area contributed by atoms with Crippen LogP contribution in [-0.4, -0.2) is 21.8 Å². The van der Waals surface area contributed by atoms with E-state index in [0.29, 0.717) is 16.3 Å². The Balaban J connectivity index is 1.75. The standard InChI is InChI=1S/C26H19BrN2O3S/c1-14-12-15(2)21-19(13-14)33-26(28-21)29-22(16-8-10-18(27)11-9-16)20(24(31)25(29)32)23(30)17-6-4-3-5-7-17/h3-13,22,30H,1-2H3. The molecule has 1 N–H and O–H groups in total. The first kappa shape index (κ1) is 21.6. The molecule has 0 bridgehead atoms. The van der Waals surface area contributed by atoms with Gasteiger partial charge in [-0.2, -0.15) is 0 Å². The summed E-state index contributed by atoms with van der Waals surface area (Å²) in [6.45, 7) is 3.99. The second-order valence-corrected chi connectivity index (χ2v) is 9.94. The Kier molecular flexibility index (Phi) is 5.38. The number of hydrogen-bond acceptors (Lipinski definition) is 5. The predicted octanol–water partition coefficient (Wildman–Crippen LogP) is 6.30. The minimum atomic E-state index is -0.791. The first-order valence-corrected chi connectivity index (χ1v) is 12.0. The lowest BCUT2D eigenvalue weighted by atomic mass is 9.95. The number of Topliss-reactive ketones (excluding diaryl/α,β-unsaturated/α-hetero) is 1. The number of halogens is 1. The lowest BCUT2D eigenvalue weighted by Gasteiger charge is -2.23. The number of aryl methyl sites for hydroxylation is 2. The van der Waals surface area contributed by atoms with Crippen molar-refractivity contribution in [1.29, 1.82) is 0 Å². The van der Waals surface area contributed by atoms with Gasteiger partial charge in [-0.25, -0.2) is 4.98 Å². The van der Waals surface area contributed by atoms with Crippen molar-refractivity contribution in [3.05, 3.63) is 99.0 Å². The van der Waals surface area contributed by atoms with Gasteiger partial charge in [0.2, 0.25) is 0 Å². The van der Waals surface area contributed by atoms with Crippen LogP contribution in [0.2, 0.25) is 0 Å². The molecule has 1 aromatic heterocycles. The number of amides is 1. The molecular weight excluding hydrogens is 500 g/mol. The molecule has 4 aromatic rings. The first-order valence-electron chi connectivity index (χ1n) is 10.3. The number of benzene rings is 3. The Labute approximate surface area is 203 Å². The van der Waals surface area contributed by atoms with Gasteiger partial charge in [-0.3, -0.25) is 14.5 Å². The molecule has 1 aliphatic heterocycles. The monoisotopic (exact) mass is 518 g/mol. The fourth-order valence-electron chi connectivity index (χ4n) is 4.20. The summed E-state index contributed by atoms with van der Waals surface area (Å²) in [7, 11) is 0. The van der Waals surface area contributed by atoms with Crippen molar-refractivity contribution in [2.45, 2.75) is 19.9 Å². The van der Waals surface area contributed by atoms with Crippen LogP contribution in [0.4, 0.5) is 5.13 Å². The van der Waals surface area contributed by atoms with E-state index in [4.69, 9.17) is 4.98 Å². The number of nitrogens with zero attached hydrogens (tertiary/aromatic N) is 2. The zero-order valence-corrected chi connectivity index (χ0v) is 20.3. The van der Waals surface area contributed by atoms with Gasteiger partial charge in [0.25, 0.3) is 5.78 Å². The van der Waals surface area contributed by atoms with E-state index in [-0.39, 0.29) is 11.3 Å². The zero-order valence-electron chi connectivity index (χ0n) is 17.9. The summed E-state index contributed by atoms with van der Waals surface area (Å²) in [6, 6.07) is 19.5. The van der Waals surface area contributed by atoms with Gasteiger partial charge >= 0.3 is 5.91 Å². The molecule has 0 saturated carbocycles. The molecular formula is C26H19BrN2O3S. The second kappa shape index (κ2) is 8.24. The molecule has 1 unspecified atom stereocenters. The van der Waals surface area contributed by atoms with Crippen LogP contribution in [0.5, 0.6) is 0 Å². The van der Waals surface area contributed by atoms with Crippen molar-refractivity contribution in [2.75, 3.05) is 4.90 Å². The van der Waals surface area contributed by atoms with Crippen molar-refractivity contribution in [3.8, 4) is 0 Å². The van der Waals surface area contributed by atoms with Gasteiger partial charge in [0.05, 0.1) is 21.8 Å².